The first kappa shape index (κ1) is 20.7. The lowest BCUT2D eigenvalue weighted by Gasteiger charge is -2.14. The van der Waals surface area contributed by atoms with Crippen LogP contribution in [-0.4, -0.2) is 18.5 Å². The number of hydrogen-bond acceptors (Lipinski definition) is 4. The van der Waals surface area contributed by atoms with Crippen LogP contribution in [0.1, 0.15) is 44.9 Å². The van der Waals surface area contributed by atoms with Gasteiger partial charge in [0.1, 0.15) is 4.88 Å². The average molecular weight is 432 g/mol. The minimum atomic E-state index is -4.68. The molecule has 0 unspecified atom stereocenters. The van der Waals surface area contributed by atoms with Crippen molar-refractivity contribution in [3.63, 3.8) is 0 Å². The Kier molecular flexibility index (Phi) is 6.30. The van der Waals surface area contributed by atoms with E-state index in [0.717, 1.165) is 54.7 Å². The molecule has 0 saturated heterocycles. The van der Waals surface area contributed by atoms with E-state index in [-0.39, 0.29) is 5.02 Å². The summed E-state index contributed by atoms with van der Waals surface area (Å²) in [4.78, 5) is 25.7. The summed E-state index contributed by atoms with van der Waals surface area (Å²) in [7, 11) is 0. The van der Waals surface area contributed by atoms with E-state index < -0.39 is 35.9 Å². The van der Waals surface area contributed by atoms with E-state index in [2.05, 4.69) is 5.32 Å². The lowest BCUT2D eigenvalue weighted by atomic mass is 10.1. The third kappa shape index (κ3) is 5.05. The Bertz CT molecular complexity index is 872. The number of ether oxygens (including phenoxy) is 1. The predicted octanol–water partition coefficient (Wildman–Crippen LogP) is 5.48. The summed E-state index contributed by atoms with van der Waals surface area (Å²) < 4.78 is 44.2. The zero-order valence-corrected chi connectivity index (χ0v) is 16.3. The van der Waals surface area contributed by atoms with Gasteiger partial charge in [0.25, 0.3) is 5.91 Å². The fraction of sp³-hybridized carbons (Fsp3) is 0.368. The summed E-state index contributed by atoms with van der Waals surface area (Å²) in [6, 6.07) is 4.80. The Morgan fingerprint density at radius 2 is 1.89 bits per heavy atom. The van der Waals surface area contributed by atoms with Crippen LogP contribution in [0.5, 0.6) is 0 Å². The van der Waals surface area contributed by atoms with Crippen LogP contribution in [0.4, 0.5) is 18.9 Å². The van der Waals surface area contributed by atoms with E-state index in [0.29, 0.717) is 4.88 Å². The van der Waals surface area contributed by atoms with Crippen LogP contribution in [0, 0.1) is 0 Å². The van der Waals surface area contributed by atoms with E-state index in [1.54, 1.807) is 6.07 Å². The van der Waals surface area contributed by atoms with Crippen LogP contribution in [0.3, 0.4) is 0 Å². The molecule has 2 aromatic rings. The van der Waals surface area contributed by atoms with Gasteiger partial charge in [-0.05, 0) is 55.5 Å². The third-order valence-electron chi connectivity index (χ3n) is 4.34. The van der Waals surface area contributed by atoms with Gasteiger partial charge in [0.15, 0.2) is 6.61 Å². The number of fused-ring (bicyclic) bond motifs is 1. The monoisotopic (exact) mass is 431 g/mol. The lowest BCUT2D eigenvalue weighted by Crippen LogP contribution is -2.22. The lowest BCUT2D eigenvalue weighted by molar-refractivity contribution is -0.137. The maximum absolute atomic E-state index is 13.1. The number of amides is 1. The first-order chi connectivity index (χ1) is 13.2. The smallest absolute Gasteiger partial charge is 0.418 e. The normalized spacial score (nSPS) is 14.1. The summed E-state index contributed by atoms with van der Waals surface area (Å²) in [5.74, 6) is -1.51. The standard InChI is InChI=1S/C19H17ClF3NO3S/c20-12-6-7-14(13(9-12)19(21,22)23)24-17(25)10-27-18(26)16-8-11-4-2-1-3-5-15(11)28-16/h6-9H,1-5,10H2,(H,24,25). The molecule has 0 aliphatic heterocycles. The molecule has 1 aliphatic rings. The van der Waals surface area contributed by atoms with Gasteiger partial charge < -0.3 is 10.1 Å². The molecule has 0 atom stereocenters. The van der Waals surface area contributed by atoms with Gasteiger partial charge >= 0.3 is 12.1 Å². The van der Waals surface area contributed by atoms with Crippen LogP contribution < -0.4 is 5.32 Å². The number of rotatable bonds is 4. The molecule has 0 fully saturated rings. The molecule has 9 heteroatoms. The van der Waals surface area contributed by atoms with Crippen molar-refractivity contribution in [1.29, 1.82) is 0 Å². The van der Waals surface area contributed by atoms with Crippen molar-refractivity contribution in [2.45, 2.75) is 38.3 Å². The second kappa shape index (κ2) is 8.53. The van der Waals surface area contributed by atoms with Crippen LogP contribution >= 0.6 is 22.9 Å². The number of alkyl halides is 3. The zero-order valence-electron chi connectivity index (χ0n) is 14.7. The number of nitrogens with one attached hydrogen (secondary N) is 1. The first-order valence-electron chi connectivity index (χ1n) is 8.69. The minimum absolute atomic E-state index is 0.103. The molecule has 1 heterocycles. The molecular formula is C19H17ClF3NO3S. The molecule has 1 aromatic heterocycles. The summed E-state index contributed by atoms with van der Waals surface area (Å²) in [6.45, 7) is -0.679. The molecule has 150 valence electrons. The molecule has 1 aromatic carbocycles. The van der Waals surface area contributed by atoms with Gasteiger partial charge in [-0.3, -0.25) is 4.79 Å². The molecule has 1 aliphatic carbocycles. The van der Waals surface area contributed by atoms with Gasteiger partial charge in [0.2, 0.25) is 0 Å². The number of esters is 1. The Morgan fingerprint density at radius 3 is 2.64 bits per heavy atom. The predicted molar refractivity (Wildman–Crippen MR) is 101 cm³/mol. The minimum Gasteiger partial charge on any atom is -0.451 e. The number of carbonyl (C=O) groups is 2. The Hall–Kier alpha value is -2.06. The highest BCUT2D eigenvalue weighted by Crippen LogP contribution is 2.36. The SMILES string of the molecule is O=C(COC(=O)c1cc2c(s1)CCCCC2)Nc1ccc(Cl)cc1C(F)(F)F. The van der Waals surface area contributed by atoms with E-state index in [4.69, 9.17) is 16.3 Å². The van der Waals surface area contributed by atoms with Crippen molar-refractivity contribution in [3.05, 3.63) is 50.2 Å². The van der Waals surface area contributed by atoms with Crippen molar-refractivity contribution < 1.29 is 27.5 Å². The van der Waals surface area contributed by atoms with Crippen molar-refractivity contribution in [1.82, 2.24) is 0 Å². The average Bonchev–Trinajstić information content (AvgIpc) is 2.91. The molecule has 28 heavy (non-hydrogen) atoms. The van der Waals surface area contributed by atoms with E-state index in [1.807, 2.05) is 0 Å². The molecule has 1 amide bonds. The number of carbonyl (C=O) groups excluding carboxylic acids is 2. The molecule has 0 radical (unpaired) electrons. The van der Waals surface area contributed by atoms with Gasteiger partial charge in [-0.25, -0.2) is 4.79 Å². The number of thiophene rings is 1. The summed E-state index contributed by atoms with van der Waals surface area (Å²) in [5, 5.41) is 2.01. The van der Waals surface area contributed by atoms with Gasteiger partial charge in [-0.15, -0.1) is 11.3 Å². The number of aryl methyl sites for hydroxylation is 2. The second-order valence-electron chi connectivity index (χ2n) is 6.43. The van der Waals surface area contributed by atoms with Crippen LogP contribution in [-0.2, 0) is 28.5 Å². The van der Waals surface area contributed by atoms with Crippen molar-refractivity contribution >= 4 is 40.5 Å². The molecule has 1 N–H and O–H groups in total. The van der Waals surface area contributed by atoms with Gasteiger partial charge in [0, 0.05) is 9.90 Å². The Morgan fingerprint density at radius 1 is 1.14 bits per heavy atom. The topological polar surface area (TPSA) is 55.4 Å². The first-order valence-corrected chi connectivity index (χ1v) is 9.89. The summed E-state index contributed by atoms with van der Waals surface area (Å²) in [5.41, 5.74) is -0.377. The maximum atomic E-state index is 13.1. The molecule has 0 bridgehead atoms. The van der Waals surface area contributed by atoms with E-state index in [9.17, 15) is 22.8 Å². The van der Waals surface area contributed by atoms with Gasteiger partial charge in [-0.1, -0.05) is 18.0 Å². The highest BCUT2D eigenvalue weighted by molar-refractivity contribution is 7.14. The number of halogens is 4. The van der Waals surface area contributed by atoms with Crippen molar-refractivity contribution in [2.75, 3.05) is 11.9 Å². The highest BCUT2D eigenvalue weighted by atomic mass is 35.5. The molecular weight excluding hydrogens is 415 g/mol. The van der Waals surface area contributed by atoms with Crippen LogP contribution in [0.15, 0.2) is 24.3 Å². The quantitative estimate of drug-likeness (QED) is 0.514. The van der Waals surface area contributed by atoms with E-state index in [1.165, 1.54) is 17.4 Å². The highest BCUT2D eigenvalue weighted by Gasteiger charge is 2.34. The fourth-order valence-electron chi connectivity index (χ4n) is 3.02. The molecule has 0 saturated carbocycles. The number of benzene rings is 1. The second-order valence-corrected chi connectivity index (χ2v) is 8.00. The van der Waals surface area contributed by atoms with Crippen molar-refractivity contribution in [3.8, 4) is 0 Å². The van der Waals surface area contributed by atoms with Crippen LogP contribution in [0.2, 0.25) is 5.02 Å². The molecule has 0 spiro atoms. The number of hydrogen-bond donors (Lipinski definition) is 1. The number of anilines is 1. The molecule has 3 rings (SSSR count). The Balaban J connectivity index is 1.61. The van der Waals surface area contributed by atoms with Crippen LogP contribution in [0.25, 0.3) is 0 Å². The Labute approximate surface area is 168 Å². The van der Waals surface area contributed by atoms with E-state index >= 15 is 0 Å². The maximum Gasteiger partial charge on any atom is 0.418 e. The fourth-order valence-corrected chi connectivity index (χ4v) is 4.34. The molecule has 4 nitrogen and oxygen atoms in total. The summed E-state index contributed by atoms with van der Waals surface area (Å²) >= 11 is 6.95. The zero-order chi connectivity index (χ0) is 20.3. The van der Waals surface area contributed by atoms with Gasteiger partial charge in [-0.2, -0.15) is 13.2 Å². The summed E-state index contributed by atoms with van der Waals surface area (Å²) in [6.07, 6.45) is 0.460. The largest absolute Gasteiger partial charge is 0.451 e. The van der Waals surface area contributed by atoms with Crippen molar-refractivity contribution in [2.24, 2.45) is 0 Å². The third-order valence-corrected chi connectivity index (χ3v) is 5.80. The van der Waals surface area contributed by atoms with Gasteiger partial charge in [0.05, 0.1) is 11.3 Å².